The van der Waals surface area contributed by atoms with Gasteiger partial charge >= 0.3 is 0 Å². The molecule has 0 radical (unpaired) electrons. The Morgan fingerprint density at radius 1 is 1.04 bits per heavy atom. The molecule has 10 heteroatoms. The molecule has 0 atom stereocenters. The Hall–Kier alpha value is -2.85. The van der Waals surface area contributed by atoms with Crippen LogP contribution in [-0.4, -0.2) is 60.6 Å². The lowest BCUT2D eigenvalue weighted by Gasteiger charge is -2.28. The van der Waals surface area contributed by atoms with Gasteiger partial charge in [-0.25, -0.2) is 9.67 Å². The molecule has 0 amide bonds. The van der Waals surface area contributed by atoms with Gasteiger partial charge in [0.25, 0.3) is 5.95 Å². The van der Waals surface area contributed by atoms with Gasteiger partial charge in [-0.15, -0.1) is 0 Å². The van der Waals surface area contributed by atoms with Gasteiger partial charge in [0.05, 0.1) is 13.2 Å². The SMILES string of the molecule is Cn1c(-c2ccncc2)nc2c(N3CCOCC3)nc(-n3ccc(Br)n3)nc21. The molecule has 0 N–H and O–H groups in total. The summed E-state index contributed by atoms with van der Waals surface area (Å²) in [7, 11) is 1.96. The fourth-order valence-corrected chi connectivity index (χ4v) is 3.59. The summed E-state index contributed by atoms with van der Waals surface area (Å²) in [6.07, 6.45) is 5.35. The molecular weight excluding hydrogens is 424 g/mol. The molecule has 0 saturated carbocycles. The monoisotopic (exact) mass is 440 g/mol. The molecule has 4 aromatic heterocycles. The molecule has 0 aromatic carbocycles. The maximum Gasteiger partial charge on any atom is 0.254 e. The number of aryl methyl sites for hydroxylation is 1. The van der Waals surface area contributed by atoms with Gasteiger partial charge in [-0.05, 0) is 34.1 Å². The smallest absolute Gasteiger partial charge is 0.254 e. The van der Waals surface area contributed by atoms with Crippen molar-refractivity contribution in [1.82, 2.24) is 34.3 Å². The molecule has 9 nitrogen and oxygen atoms in total. The van der Waals surface area contributed by atoms with Gasteiger partial charge in [-0.3, -0.25) is 4.98 Å². The Morgan fingerprint density at radius 3 is 2.54 bits per heavy atom. The van der Waals surface area contributed by atoms with Crippen molar-refractivity contribution in [2.45, 2.75) is 0 Å². The van der Waals surface area contributed by atoms with Crippen molar-refractivity contribution in [3.05, 3.63) is 41.4 Å². The zero-order chi connectivity index (χ0) is 19.1. The van der Waals surface area contributed by atoms with Crippen molar-refractivity contribution >= 4 is 32.9 Å². The van der Waals surface area contributed by atoms with Crippen LogP contribution < -0.4 is 4.90 Å². The van der Waals surface area contributed by atoms with E-state index in [1.54, 1.807) is 17.1 Å². The third-order valence-electron chi connectivity index (χ3n) is 4.70. The minimum absolute atomic E-state index is 0.504. The highest BCUT2D eigenvalue weighted by molar-refractivity contribution is 9.10. The maximum atomic E-state index is 5.51. The summed E-state index contributed by atoms with van der Waals surface area (Å²) in [6, 6.07) is 5.73. The topological polar surface area (TPSA) is 86.8 Å². The lowest BCUT2D eigenvalue weighted by Crippen LogP contribution is -2.37. The molecule has 1 saturated heterocycles. The lowest BCUT2D eigenvalue weighted by atomic mass is 10.2. The van der Waals surface area contributed by atoms with E-state index in [0.717, 1.165) is 46.1 Å². The van der Waals surface area contributed by atoms with Gasteiger partial charge in [-0.1, -0.05) is 0 Å². The van der Waals surface area contributed by atoms with Crippen LogP contribution in [-0.2, 0) is 11.8 Å². The van der Waals surface area contributed by atoms with Crippen LogP contribution in [0.2, 0.25) is 0 Å². The number of imidazole rings is 1. The molecule has 4 aromatic rings. The fourth-order valence-electron chi connectivity index (χ4n) is 3.31. The van der Waals surface area contributed by atoms with Gasteiger partial charge in [0.2, 0.25) is 0 Å². The number of hydrogen-bond acceptors (Lipinski definition) is 7. The van der Waals surface area contributed by atoms with Crippen molar-refractivity contribution < 1.29 is 4.74 Å². The Balaban J connectivity index is 1.74. The molecule has 142 valence electrons. The number of ether oxygens (including phenoxy) is 1. The Labute approximate surface area is 169 Å². The quantitative estimate of drug-likeness (QED) is 0.482. The molecule has 1 fully saturated rings. The predicted molar refractivity (Wildman–Crippen MR) is 107 cm³/mol. The zero-order valence-electron chi connectivity index (χ0n) is 15.2. The minimum atomic E-state index is 0.504. The minimum Gasteiger partial charge on any atom is -0.378 e. The summed E-state index contributed by atoms with van der Waals surface area (Å²) in [4.78, 5) is 20.7. The second kappa shape index (κ2) is 6.95. The molecule has 5 heterocycles. The highest BCUT2D eigenvalue weighted by Gasteiger charge is 2.23. The Kier molecular flexibility index (Phi) is 4.29. The second-order valence-corrected chi connectivity index (χ2v) is 7.24. The lowest BCUT2D eigenvalue weighted by molar-refractivity contribution is 0.122. The molecule has 5 rings (SSSR count). The van der Waals surface area contributed by atoms with Crippen molar-refractivity contribution in [1.29, 1.82) is 0 Å². The number of morpholine rings is 1. The average Bonchev–Trinajstić information content (AvgIpc) is 3.32. The van der Waals surface area contributed by atoms with Gasteiger partial charge in [0.15, 0.2) is 17.0 Å². The number of nitrogens with zero attached hydrogens (tertiary/aromatic N) is 8. The van der Waals surface area contributed by atoms with Gasteiger partial charge < -0.3 is 14.2 Å². The van der Waals surface area contributed by atoms with E-state index in [0.29, 0.717) is 19.2 Å². The number of aromatic nitrogens is 7. The molecule has 0 aliphatic carbocycles. The largest absolute Gasteiger partial charge is 0.378 e. The van der Waals surface area contributed by atoms with Crippen LogP contribution in [0.3, 0.4) is 0 Å². The highest BCUT2D eigenvalue weighted by Crippen LogP contribution is 2.29. The van der Waals surface area contributed by atoms with Crippen molar-refractivity contribution in [2.24, 2.45) is 7.05 Å². The van der Waals surface area contributed by atoms with Gasteiger partial charge in [-0.2, -0.15) is 15.1 Å². The summed E-state index contributed by atoms with van der Waals surface area (Å²) < 4.78 is 9.88. The first kappa shape index (κ1) is 17.3. The van der Waals surface area contributed by atoms with E-state index in [1.165, 1.54) is 0 Å². The van der Waals surface area contributed by atoms with Crippen LogP contribution in [0.4, 0.5) is 5.82 Å². The highest BCUT2D eigenvalue weighted by atomic mass is 79.9. The number of hydrogen-bond donors (Lipinski definition) is 0. The van der Waals surface area contributed by atoms with Crippen LogP contribution in [0, 0.1) is 0 Å². The normalized spacial score (nSPS) is 14.7. The zero-order valence-corrected chi connectivity index (χ0v) is 16.7. The summed E-state index contributed by atoms with van der Waals surface area (Å²) in [6.45, 7) is 2.85. The van der Waals surface area contributed by atoms with Crippen LogP contribution >= 0.6 is 15.9 Å². The van der Waals surface area contributed by atoms with Crippen molar-refractivity contribution in [3.8, 4) is 17.3 Å². The molecule has 0 spiro atoms. The van der Waals surface area contributed by atoms with Gasteiger partial charge in [0, 0.05) is 44.3 Å². The predicted octanol–water partition coefficient (Wildman–Crippen LogP) is 2.21. The second-order valence-electron chi connectivity index (χ2n) is 6.43. The maximum absolute atomic E-state index is 5.51. The number of anilines is 1. The van der Waals surface area contributed by atoms with E-state index in [-0.39, 0.29) is 0 Å². The van der Waals surface area contributed by atoms with Crippen LogP contribution in [0.15, 0.2) is 41.4 Å². The first-order valence-electron chi connectivity index (χ1n) is 8.90. The van der Waals surface area contributed by atoms with Crippen LogP contribution in [0.25, 0.3) is 28.5 Å². The average molecular weight is 441 g/mol. The Bertz CT molecular complexity index is 1130. The van der Waals surface area contributed by atoms with E-state index in [1.807, 2.05) is 36.0 Å². The summed E-state index contributed by atoms with van der Waals surface area (Å²) >= 11 is 3.39. The number of pyridine rings is 1. The molecule has 0 unspecified atom stereocenters. The molecule has 1 aliphatic heterocycles. The third kappa shape index (κ3) is 2.94. The van der Waals surface area contributed by atoms with Gasteiger partial charge in [0.1, 0.15) is 10.4 Å². The number of fused-ring (bicyclic) bond motifs is 1. The van der Waals surface area contributed by atoms with Crippen molar-refractivity contribution in [3.63, 3.8) is 0 Å². The van der Waals surface area contributed by atoms with E-state index < -0.39 is 0 Å². The summed E-state index contributed by atoms with van der Waals surface area (Å²) in [5.74, 6) is 2.12. The summed E-state index contributed by atoms with van der Waals surface area (Å²) in [5.41, 5.74) is 2.50. The first-order valence-corrected chi connectivity index (χ1v) is 9.69. The summed E-state index contributed by atoms with van der Waals surface area (Å²) in [5, 5.41) is 4.40. The van der Waals surface area contributed by atoms with E-state index in [4.69, 9.17) is 19.7 Å². The molecule has 0 bridgehead atoms. The first-order chi connectivity index (χ1) is 13.7. The third-order valence-corrected chi connectivity index (χ3v) is 5.12. The molecule has 28 heavy (non-hydrogen) atoms. The Morgan fingerprint density at radius 2 is 1.82 bits per heavy atom. The molecular formula is C18H17BrN8O. The number of halogens is 1. The molecule has 1 aliphatic rings. The van der Waals surface area contributed by atoms with E-state index in [2.05, 4.69) is 30.9 Å². The standard InChI is InChI=1S/C18H17BrN8O/c1-25-15(12-2-5-20-6-3-12)21-14-16(25)22-18(27-7-4-13(19)24-27)23-17(14)26-8-10-28-11-9-26/h2-7H,8-11H2,1H3. The fraction of sp³-hybridized carbons (Fsp3) is 0.278. The van der Waals surface area contributed by atoms with E-state index in [9.17, 15) is 0 Å². The van der Waals surface area contributed by atoms with Crippen LogP contribution in [0.5, 0.6) is 0 Å². The van der Waals surface area contributed by atoms with E-state index >= 15 is 0 Å². The van der Waals surface area contributed by atoms with Crippen LogP contribution in [0.1, 0.15) is 0 Å². The number of rotatable bonds is 3. The van der Waals surface area contributed by atoms with Crippen molar-refractivity contribution in [2.75, 3.05) is 31.2 Å².